The minimum atomic E-state index is -0.583. The van der Waals surface area contributed by atoms with Gasteiger partial charge in [0.1, 0.15) is 11.6 Å². The predicted octanol–water partition coefficient (Wildman–Crippen LogP) is 5.90. The van der Waals surface area contributed by atoms with Crippen LogP contribution >= 0.6 is 23.5 Å². The molecule has 170 valence electrons. The van der Waals surface area contributed by atoms with Gasteiger partial charge in [-0.2, -0.15) is 5.26 Å². The molecule has 0 aliphatic heterocycles. The summed E-state index contributed by atoms with van der Waals surface area (Å²) in [6.07, 6.45) is 0. The van der Waals surface area contributed by atoms with Crippen molar-refractivity contribution in [2.45, 2.75) is 6.92 Å². The van der Waals surface area contributed by atoms with Crippen LogP contribution < -0.4 is 5.32 Å². The Kier molecular flexibility index (Phi) is 9.27. The maximum absolute atomic E-state index is 12.9. The fourth-order valence-electron chi connectivity index (χ4n) is 2.88. The summed E-state index contributed by atoms with van der Waals surface area (Å²) in [7, 11) is 0. The van der Waals surface area contributed by atoms with Crippen LogP contribution in [0.2, 0.25) is 0 Å². The van der Waals surface area contributed by atoms with Gasteiger partial charge >= 0.3 is 0 Å². The summed E-state index contributed by atoms with van der Waals surface area (Å²) in [5.41, 5.74) is 2.56. The molecule has 7 heteroatoms. The third kappa shape index (κ3) is 7.20. The van der Waals surface area contributed by atoms with Gasteiger partial charge in [-0.25, -0.2) is 0 Å². The Balaban J connectivity index is 1.81. The van der Waals surface area contributed by atoms with Crippen LogP contribution in [0.1, 0.15) is 26.3 Å². The number of thioether (sulfide) groups is 2. The van der Waals surface area contributed by atoms with Crippen LogP contribution in [0.5, 0.6) is 0 Å². The number of carbonyl (C=O) groups excluding carboxylic acids is 3. The molecule has 0 spiro atoms. The van der Waals surface area contributed by atoms with Gasteiger partial charge < -0.3 is 5.32 Å². The van der Waals surface area contributed by atoms with Crippen LogP contribution in [0.25, 0.3) is 0 Å². The Labute approximate surface area is 207 Å². The summed E-state index contributed by atoms with van der Waals surface area (Å²) >= 11 is 2.19. The van der Waals surface area contributed by atoms with Crippen LogP contribution in [0.15, 0.2) is 94.7 Å². The number of nitriles is 1. The lowest BCUT2D eigenvalue weighted by Crippen LogP contribution is -2.15. The average molecular weight is 487 g/mol. The van der Waals surface area contributed by atoms with E-state index in [0.29, 0.717) is 21.1 Å². The number of aryl methyl sites for hydroxylation is 1. The highest BCUT2D eigenvalue weighted by atomic mass is 32.2. The number of rotatable bonds is 10. The van der Waals surface area contributed by atoms with Gasteiger partial charge in [-0.3, -0.25) is 14.4 Å². The quantitative estimate of drug-likeness (QED) is 0.218. The number of hydrogen-bond acceptors (Lipinski definition) is 6. The first-order valence-electron chi connectivity index (χ1n) is 10.4. The van der Waals surface area contributed by atoms with E-state index in [1.54, 1.807) is 60.7 Å². The molecular formula is C27H22N2O3S2. The summed E-state index contributed by atoms with van der Waals surface area (Å²) in [4.78, 5) is 38.1. The highest BCUT2D eigenvalue weighted by molar-refractivity contribution is 8.22. The lowest BCUT2D eigenvalue weighted by molar-refractivity contribution is -0.112. The summed E-state index contributed by atoms with van der Waals surface area (Å²) in [6.45, 7) is 1.94. The topological polar surface area (TPSA) is 87.0 Å². The van der Waals surface area contributed by atoms with Crippen molar-refractivity contribution >= 4 is 46.7 Å². The number of benzene rings is 3. The molecule has 0 aromatic heterocycles. The van der Waals surface area contributed by atoms with Gasteiger partial charge in [0.15, 0.2) is 11.6 Å². The Morgan fingerprint density at radius 2 is 1.24 bits per heavy atom. The van der Waals surface area contributed by atoms with Gasteiger partial charge in [-0.05, 0) is 19.1 Å². The molecule has 0 unspecified atom stereocenters. The second-order valence-electron chi connectivity index (χ2n) is 7.25. The van der Waals surface area contributed by atoms with E-state index in [4.69, 9.17) is 0 Å². The monoisotopic (exact) mass is 486 g/mol. The van der Waals surface area contributed by atoms with Crippen molar-refractivity contribution in [1.82, 2.24) is 0 Å². The number of nitrogens with zero attached hydrogens (tertiary/aromatic N) is 1. The molecule has 0 heterocycles. The number of carbonyl (C=O) groups is 3. The van der Waals surface area contributed by atoms with E-state index in [2.05, 4.69) is 5.32 Å². The van der Waals surface area contributed by atoms with Crippen LogP contribution in [-0.4, -0.2) is 29.0 Å². The zero-order valence-electron chi connectivity index (χ0n) is 18.5. The van der Waals surface area contributed by atoms with Crippen LogP contribution in [0, 0.1) is 18.3 Å². The minimum Gasteiger partial charge on any atom is -0.321 e. The number of nitrogens with one attached hydrogen (secondary N) is 1. The zero-order chi connectivity index (χ0) is 24.3. The molecule has 0 bridgehead atoms. The molecule has 3 rings (SSSR count). The lowest BCUT2D eigenvalue weighted by atomic mass is 10.2. The Morgan fingerprint density at radius 3 is 1.68 bits per heavy atom. The number of amides is 1. The molecule has 0 fully saturated rings. The second-order valence-corrected chi connectivity index (χ2v) is 9.48. The van der Waals surface area contributed by atoms with Crippen molar-refractivity contribution in [3.63, 3.8) is 0 Å². The van der Waals surface area contributed by atoms with Crippen LogP contribution in [0.4, 0.5) is 5.69 Å². The van der Waals surface area contributed by atoms with Crippen molar-refractivity contribution in [1.29, 1.82) is 5.26 Å². The van der Waals surface area contributed by atoms with Gasteiger partial charge in [0.2, 0.25) is 0 Å². The summed E-state index contributed by atoms with van der Waals surface area (Å²) < 4.78 is 0.334. The molecule has 0 saturated carbocycles. The Bertz CT molecular complexity index is 1170. The van der Waals surface area contributed by atoms with Crippen molar-refractivity contribution < 1.29 is 14.4 Å². The van der Waals surface area contributed by atoms with Crippen molar-refractivity contribution in [2.24, 2.45) is 0 Å². The maximum atomic E-state index is 12.9. The summed E-state index contributed by atoms with van der Waals surface area (Å²) in [5, 5.41) is 12.5. The van der Waals surface area contributed by atoms with E-state index >= 15 is 0 Å². The molecule has 0 aliphatic rings. The Morgan fingerprint density at radius 1 is 0.765 bits per heavy atom. The molecule has 0 atom stereocenters. The van der Waals surface area contributed by atoms with E-state index in [1.165, 1.54) is 0 Å². The number of hydrogen-bond donors (Lipinski definition) is 1. The van der Waals surface area contributed by atoms with E-state index < -0.39 is 5.91 Å². The molecule has 3 aromatic carbocycles. The smallest absolute Gasteiger partial charge is 0.268 e. The zero-order valence-corrected chi connectivity index (χ0v) is 20.1. The fourth-order valence-corrected chi connectivity index (χ4v) is 4.99. The SMILES string of the molecule is Cc1ccc(NC(=O)C(C#N)=C(SCC(=O)c2ccccc2)SCC(=O)c2ccccc2)cc1. The molecular weight excluding hydrogens is 464 g/mol. The number of ketones is 2. The van der Waals surface area contributed by atoms with Gasteiger partial charge in [-0.1, -0.05) is 78.4 Å². The van der Waals surface area contributed by atoms with Crippen LogP contribution in [0.3, 0.4) is 0 Å². The molecule has 0 aliphatic carbocycles. The number of anilines is 1. The van der Waals surface area contributed by atoms with Gasteiger partial charge in [0.05, 0.1) is 15.7 Å². The maximum Gasteiger partial charge on any atom is 0.268 e. The van der Waals surface area contributed by atoms with E-state index in [-0.39, 0.29) is 28.6 Å². The van der Waals surface area contributed by atoms with Gasteiger partial charge in [0.25, 0.3) is 5.91 Å². The largest absolute Gasteiger partial charge is 0.321 e. The lowest BCUT2D eigenvalue weighted by Gasteiger charge is -2.11. The van der Waals surface area contributed by atoms with E-state index in [1.807, 2.05) is 37.3 Å². The second kappa shape index (κ2) is 12.6. The first-order valence-corrected chi connectivity index (χ1v) is 12.4. The van der Waals surface area contributed by atoms with Crippen molar-refractivity contribution in [3.05, 3.63) is 111 Å². The molecule has 1 amide bonds. The Hall–Kier alpha value is -3.60. The average Bonchev–Trinajstić information content (AvgIpc) is 2.87. The molecule has 3 aromatic rings. The summed E-state index contributed by atoms with van der Waals surface area (Å²) in [5.74, 6) is -0.770. The molecule has 1 N–H and O–H groups in total. The predicted molar refractivity (Wildman–Crippen MR) is 139 cm³/mol. The standard InChI is InChI=1S/C27H22N2O3S2/c1-19-12-14-22(15-13-19)29-26(32)23(16-28)27(33-17-24(30)20-8-4-2-5-9-20)34-18-25(31)21-10-6-3-7-11-21/h2-15H,17-18H2,1H3,(H,29,32). The fraction of sp³-hybridized carbons (Fsp3) is 0.111. The first kappa shape index (κ1) is 25.0. The minimum absolute atomic E-state index is 0.0366. The third-order valence-corrected chi connectivity index (χ3v) is 7.17. The molecule has 34 heavy (non-hydrogen) atoms. The highest BCUT2D eigenvalue weighted by Gasteiger charge is 2.20. The molecule has 0 saturated heterocycles. The van der Waals surface area contributed by atoms with E-state index in [0.717, 1.165) is 29.1 Å². The van der Waals surface area contributed by atoms with Gasteiger partial charge in [-0.15, -0.1) is 23.5 Å². The third-order valence-electron chi connectivity index (χ3n) is 4.71. The molecule has 0 radical (unpaired) electrons. The van der Waals surface area contributed by atoms with Crippen LogP contribution in [-0.2, 0) is 4.79 Å². The van der Waals surface area contributed by atoms with E-state index in [9.17, 15) is 19.6 Å². The highest BCUT2D eigenvalue weighted by Crippen LogP contribution is 2.33. The summed E-state index contributed by atoms with van der Waals surface area (Å²) in [6, 6.07) is 26.8. The first-order chi connectivity index (χ1) is 16.5. The van der Waals surface area contributed by atoms with Crippen molar-refractivity contribution in [2.75, 3.05) is 16.8 Å². The van der Waals surface area contributed by atoms with Gasteiger partial charge in [0, 0.05) is 16.8 Å². The number of Topliss-reactive ketones (excluding diaryl/α,β-unsaturated/α-hetero) is 2. The molecule has 5 nitrogen and oxygen atoms in total. The van der Waals surface area contributed by atoms with Crippen molar-refractivity contribution in [3.8, 4) is 6.07 Å². The normalized spacial score (nSPS) is 10.1.